The number of hydrazone groups is 1. The molecule has 2 aromatic rings. The maximum Gasteiger partial charge on any atom is 0.187 e. The van der Waals surface area contributed by atoms with E-state index >= 15 is 0 Å². The van der Waals surface area contributed by atoms with E-state index < -0.39 is 0 Å². The van der Waals surface area contributed by atoms with Crippen LogP contribution in [0.3, 0.4) is 0 Å². The highest BCUT2D eigenvalue weighted by Gasteiger charge is 2.00. The zero-order valence-electron chi connectivity index (χ0n) is 11.1. The molecule has 0 aliphatic rings. The van der Waals surface area contributed by atoms with E-state index in [-0.39, 0.29) is 0 Å². The third-order valence-electron chi connectivity index (χ3n) is 2.51. The van der Waals surface area contributed by atoms with Crippen LogP contribution < -0.4 is 10.7 Å². The van der Waals surface area contributed by atoms with Gasteiger partial charge in [0.05, 0.1) is 0 Å². The predicted molar refractivity (Wildman–Crippen MR) is 83.3 cm³/mol. The molecule has 0 saturated heterocycles. The van der Waals surface area contributed by atoms with Crippen molar-refractivity contribution in [2.24, 2.45) is 5.10 Å². The molecular formula is C14H15N5S. The number of rotatable bonds is 4. The number of nitrogens with zero attached hydrogens (tertiary/aromatic N) is 3. The van der Waals surface area contributed by atoms with E-state index in [4.69, 9.17) is 12.2 Å². The first-order valence-electron chi connectivity index (χ1n) is 6.15. The molecule has 1 aromatic carbocycles. The highest BCUT2D eigenvalue weighted by atomic mass is 32.1. The number of thiocarbonyl (C=S) groups is 1. The summed E-state index contributed by atoms with van der Waals surface area (Å²) in [6, 6.07) is 11.8. The molecule has 1 heterocycles. The van der Waals surface area contributed by atoms with Crippen molar-refractivity contribution < 1.29 is 0 Å². The fourth-order valence-electron chi connectivity index (χ4n) is 1.49. The van der Waals surface area contributed by atoms with E-state index in [1.54, 1.807) is 18.5 Å². The molecule has 1 aromatic heterocycles. The minimum absolute atomic E-state index is 0.462. The fourth-order valence-corrected chi connectivity index (χ4v) is 1.61. The molecule has 0 fully saturated rings. The van der Waals surface area contributed by atoms with Gasteiger partial charge < -0.3 is 5.32 Å². The first-order valence-corrected chi connectivity index (χ1v) is 6.56. The van der Waals surface area contributed by atoms with E-state index in [2.05, 4.69) is 25.8 Å². The van der Waals surface area contributed by atoms with Crippen molar-refractivity contribution in [2.45, 2.75) is 13.5 Å². The minimum Gasteiger partial charge on any atom is -0.357 e. The maximum absolute atomic E-state index is 5.15. The van der Waals surface area contributed by atoms with Gasteiger partial charge in [0.2, 0.25) is 0 Å². The van der Waals surface area contributed by atoms with Crippen LogP contribution in [-0.2, 0) is 6.54 Å². The van der Waals surface area contributed by atoms with Gasteiger partial charge in [0.1, 0.15) is 5.71 Å². The zero-order valence-corrected chi connectivity index (χ0v) is 11.9. The summed E-state index contributed by atoms with van der Waals surface area (Å²) >= 11 is 5.15. The van der Waals surface area contributed by atoms with Crippen LogP contribution in [0.4, 0.5) is 0 Å². The van der Waals surface area contributed by atoms with Gasteiger partial charge in [-0.3, -0.25) is 5.43 Å². The van der Waals surface area contributed by atoms with E-state index in [1.807, 2.05) is 37.3 Å². The largest absolute Gasteiger partial charge is 0.357 e. The van der Waals surface area contributed by atoms with Crippen molar-refractivity contribution in [3.63, 3.8) is 0 Å². The normalized spacial score (nSPS) is 10.9. The first-order chi connectivity index (χ1) is 9.75. The average molecular weight is 285 g/mol. The second-order valence-electron chi connectivity index (χ2n) is 4.05. The van der Waals surface area contributed by atoms with Crippen LogP contribution in [0.15, 0.2) is 53.9 Å². The molecule has 6 heteroatoms. The lowest BCUT2D eigenvalue weighted by atomic mass is 10.2. The standard InChI is InChI=1S/C14H15N5S/c1-11(13-15-8-5-9-16-13)18-19-14(20)17-10-12-6-3-2-4-7-12/h2-9H,10H2,1H3,(H2,17,19,20)/b18-11+. The molecule has 20 heavy (non-hydrogen) atoms. The molecule has 5 nitrogen and oxygen atoms in total. The van der Waals surface area contributed by atoms with Crippen LogP contribution in [-0.4, -0.2) is 20.8 Å². The topological polar surface area (TPSA) is 62.2 Å². The second-order valence-corrected chi connectivity index (χ2v) is 4.46. The van der Waals surface area contributed by atoms with Crippen molar-refractivity contribution in [3.8, 4) is 0 Å². The minimum atomic E-state index is 0.462. The summed E-state index contributed by atoms with van der Waals surface area (Å²) < 4.78 is 0. The Hall–Kier alpha value is -2.34. The molecular weight excluding hydrogens is 270 g/mol. The molecule has 0 atom stereocenters. The molecule has 0 saturated carbocycles. The van der Waals surface area contributed by atoms with E-state index in [9.17, 15) is 0 Å². The average Bonchev–Trinajstić information content (AvgIpc) is 2.52. The van der Waals surface area contributed by atoms with Gasteiger partial charge in [0.15, 0.2) is 10.9 Å². The molecule has 2 N–H and O–H groups in total. The van der Waals surface area contributed by atoms with E-state index in [0.29, 0.717) is 23.2 Å². The Morgan fingerprint density at radius 2 is 1.85 bits per heavy atom. The molecule has 0 aliphatic heterocycles. The molecule has 0 radical (unpaired) electrons. The number of hydrogen-bond donors (Lipinski definition) is 2. The Balaban J connectivity index is 1.83. The predicted octanol–water partition coefficient (Wildman–Crippen LogP) is 1.86. The quantitative estimate of drug-likeness (QED) is 0.510. The van der Waals surface area contributed by atoms with Gasteiger partial charge in [-0.15, -0.1) is 0 Å². The van der Waals surface area contributed by atoms with Crippen LogP contribution in [0.5, 0.6) is 0 Å². The highest BCUT2D eigenvalue weighted by molar-refractivity contribution is 7.80. The highest BCUT2D eigenvalue weighted by Crippen LogP contribution is 1.97. The fraction of sp³-hybridized carbons (Fsp3) is 0.143. The summed E-state index contributed by atoms with van der Waals surface area (Å²) in [5.74, 6) is 0.575. The summed E-state index contributed by atoms with van der Waals surface area (Å²) in [5, 5.41) is 7.68. The van der Waals surface area contributed by atoms with Crippen molar-refractivity contribution >= 4 is 23.0 Å². The number of benzene rings is 1. The van der Waals surface area contributed by atoms with Gasteiger partial charge in [0, 0.05) is 18.9 Å². The van der Waals surface area contributed by atoms with Crippen LogP contribution in [0.1, 0.15) is 18.3 Å². The lowest BCUT2D eigenvalue weighted by Gasteiger charge is -2.07. The Morgan fingerprint density at radius 1 is 1.15 bits per heavy atom. The smallest absolute Gasteiger partial charge is 0.187 e. The van der Waals surface area contributed by atoms with Crippen LogP contribution in [0.25, 0.3) is 0 Å². The van der Waals surface area contributed by atoms with Crippen LogP contribution >= 0.6 is 12.2 Å². The van der Waals surface area contributed by atoms with Gasteiger partial charge in [-0.25, -0.2) is 9.97 Å². The van der Waals surface area contributed by atoms with E-state index in [0.717, 1.165) is 5.56 Å². The molecule has 0 bridgehead atoms. The Labute approximate surface area is 123 Å². The molecule has 102 valence electrons. The molecule has 0 unspecified atom stereocenters. The lowest BCUT2D eigenvalue weighted by molar-refractivity contribution is 0.865. The lowest BCUT2D eigenvalue weighted by Crippen LogP contribution is -2.32. The first kappa shape index (κ1) is 14.1. The van der Waals surface area contributed by atoms with Crippen molar-refractivity contribution in [1.82, 2.24) is 20.7 Å². The number of hydrogen-bond acceptors (Lipinski definition) is 4. The maximum atomic E-state index is 5.15. The van der Waals surface area contributed by atoms with Gasteiger partial charge >= 0.3 is 0 Å². The van der Waals surface area contributed by atoms with Gasteiger partial charge in [-0.2, -0.15) is 5.10 Å². The molecule has 0 spiro atoms. The van der Waals surface area contributed by atoms with E-state index in [1.165, 1.54) is 0 Å². The molecule has 0 aliphatic carbocycles. The second kappa shape index (κ2) is 7.30. The van der Waals surface area contributed by atoms with Gasteiger partial charge in [0.25, 0.3) is 0 Å². The Bertz CT molecular complexity index is 583. The SMILES string of the molecule is C/C(=N\NC(=S)NCc1ccccc1)c1ncccn1. The monoisotopic (exact) mass is 285 g/mol. The van der Waals surface area contributed by atoms with Crippen molar-refractivity contribution in [3.05, 3.63) is 60.2 Å². The van der Waals surface area contributed by atoms with Crippen molar-refractivity contribution in [1.29, 1.82) is 0 Å². The summed E-state index contributed by atoms with van der Waals surface area (Å²) in [4.78, 5) is 8.21. The number of aromatic nitrogens is 2. The Morgan fingerprint density at radius 3 is 2.55 bits per heavy atom. The summed E-state index contributed by atoms with van der Waals surface area (Å²) in [5.41, 5.74) is 4.61. The van der Waals surface area contributed by atoms with Gasteiger partial charge in [-0.05, 0) is 30.8 Å². The molecule has 2 rings (SSSR count). The molecule has 0 amide bonds. The van der Waals surface area contributed by atoms with Crippen molar-refractivity contribution in [2.75, 3.05) is 0 Å². The zero-order chi connectivity index (χ0) is 14.2. The Kier molecular flexibility index (Phi) is 5.14. The number of nitrogens with one attached hydrogen (secondary N) is 2. The summed E-state index contributed by atoms with van der Waals surface area (Å²) in [7, 11) is 0. The summed E-state index contributed by atoms with van der Waals surface area (Å²) in [6.07, 6.45) is 3.35. The third-order valence-corrected chi connectivity index (χ3v) is 2.75. The van der Waals surface area contributed by atoms with Crippen LogP contribution in [0.2, 0.25) is 0 Å². The van der Waals surface area contributed by atoms with Crippen LogP contribution in [0, 0.1) is 0 Å². The van der Waals surface area contributed by atoms with Gasteiger partial charge in [-0.1, -0.05) is 30.3 Å². The summed E-state index contributed by atoms with van der Waals surface area (Å²) in [6.45, 7) is 2.48. The third kappa shape index (κ3) is 4.40.